The first-order chi connectivity index (χ1) is 14.0. The van der Waals surface area contributed by atoms with Crippen LogP contribution in [0, 0.1) is 5.82 Å². The maximum Gasteiger partial charge on any atom is 0.220 e. The van der Waals surface area contributed by atoms with Crippen LogP contribution in [0.3, 0.4) is 0 Å². The number of aromatic nitrogens is 2. The summed E-state index contributed by atoms with van der Waals surface area (Å²) in [5, 5.41) is 4.84. The van der Waals surface area contributed by atoms with Gasteiger partial charge < -0.3 is 10.3 Å². The lowest BCUT2D eigenvalue weighted by Gasteiger charge is -2.09. The molecule has 0 radical (unpaired) electrons. The average Bonchev–Trinajstić information content (AvgIpc) is 3.05. The molecule has 0 saturated heterocycles. The number of benzene rings is 2. The summed E-state index contributed by atoms with van der Waals surface area (Å²) in [6.45, 7) is 3.90. The number of rotatable bonds is 6. The molecule has 1 amide bonds. The van der Waals surface area contributed by atoms with Gasteiger partial charge >= 0.3 is 0 Å². The Hall–Kier alpha value is -3.21. The van der Waals surface area contributed by atoms with E-state index in [1.165, 1.54) is 6.07 Å². The van der Waals surface area contributed by atoms with Gasteiger partial charge in [0.25, 0.3) is 0 Å². The van der Waals surface area contributed by atoms with Crippen molar-refractivity contribution in [1.82, 2.24) is 15.3 Å². The van der Waals surface area contributed by atoms with E-state index in [-0.39, 0.29) is 17.8 Å². The number of H-pyrrole nitrogens is 1. The second kappa shape index (κ2) is 8.03. The van der Waals surface area contributed by atoms with E-state index in [4.69, 9.17) is 4.98 Å². The fraction of sp³-hybridized carbons (Fsp3) is 0.250. The van der Waals surface area contributed by atoms with Gasteiger partial charge in [0.1, 0.15) is 5.82 Å². The minimum atomic E-state index is -0.270. The Morgan fingerprint density at radius 1 is 1.14 bits per heavy atom. The van der Waals surface area contributed by atoms with Crippen molar-refractivity contribution < 1.29 is 9.18 Å². The molecular weight excluding hydrogens is 365 g/mol. The number of aryl methyl sites for hydroxylation is 1. The Morgan fingerprint density at radius 3 is 2.79 bits per heavy atom. The van der Waals surface area contributed by atoms with E-state index in [1.807, 2.05) is 50.2 Å². The van der Waals surface area contributed by atoms with Gasteiger partial charge in [-0.15, -0.1) is 0 Å². The summed E-state index contributed by atoms with van der Waals surface area (Å²) in [5.74, 6) is -0.232. The van der Waals surface area contributed by atoms with E-state index in [2.05, 4.69) is 10.3 Å². The highest BCUT2D eigenvalue weighted by Gasteiger charge is 2.16. The molecule has 2 N–H and O–H groups in total. The number of halogens is 1. The molecule has 29 heavy (non-hydrogen) atoms. The van der Waals surface area contributed by atoms with Crippen LogP contribution in [-0.2, 0) is 11.2 Å². The predicted molar refractivity (Wildman–Crippen MR) is 115 cm³/mol. The molecular formula is C24H24FN3O. The molecule has 0 unspecified atom stereocenters. The number of nitrogens with one attached hydrogen (secondary N) is 2. The van der Waals surface area contributed by atoms with Gasteiger partial charge in [-0.3, -0.25) is 4.79 Å². The molecule has 0 aliphatic heterocycles. The second-order valence-electron chi connectivity index (χ2n) is 7.63. The van der Waals surface area contributed by atoms with Crippen LogP contribution in [0.2, 0.25) is 0 Å². The van der Waals surface area contributed by atoms with E-state index in [0.717, 1.165) is 38.8 Å². The van der Waals surface area contributed by atoms with Crippen LogP contribution in [0.4, 0.5) is 4.39 Å². The smallest absolute Gasteiger partial charge is 0.220 e. The first-order valence-corrected chi connectivity index (χ1v) is 9.97. The van der Waals surface area contributed by atoms with Crippen molar-refractivity contribution in [2.45, 2.75) is 39.2 Å². The highest BCUT2D eigenvalue weighted by Crippen LogP contribution is 2.32. The molecule has 0 aliphatic carbocycles. The topological polar surface area (TPSA) is 57.8 Å². The van der Waals surface area contributed by atoms with Crippen molar-refractivity contribution in [2.75, 3.05) is 0 Å². The minimum Gasteiger partial charge on any atom is -0.354 e. The lowest BCUT2D eigenvalue weighted by molar-refractivity contribution is -0.121. The molecule has 148 valence electrons. The first kappa shape index (κ1) is 19.1. The molecule has 0 bridgehead atoms. The Kier molecular flexibility index (Phi) is 5.30. The fourth-order valence-electron chi connectivity index (χ4n) is 3.72. The SMILES string of the molecule is CC(C)NC(=O)CCCc1c(-c2ccc3ccccc3n2)[nH]c2ccc(F)cc12. The van der Waals surface area contributed by atoms with Crippen LogP contribution in [0.15, 0.2) is 54.6 Å². The van der Waals surface area contributed by atoms with Crippen LogP contribution in [0.1, 0.15) is 32.3 Å². The monoisotopic (exact) mass is 389 g/mol. The number of carbonyl (C=O) groups excluding carboxylic acids is 1. The van der Waals surface area contributed by atoms with E-state index in [0.29, 0.717) is 19.3 Å². The molecule has 2 aromatic carbocycles. The van der Waals surface area contributed by atoms with Gasteiger partial charge in [-0.2, -0.15) is 0 Å². The van der Waals surface area contributed by atoms with E-state index < -0.39 is 0 Å². The Bertz CT molecular complexity index is 1180. The van der Waals surface area contributed by atoms with Gasteiger partial charge in [-0.25, -0.2) is 9.37 Å². The van der Waals surface area contributed by atoms with Gasteiger partial charge in [0.15, 0.2) is 0 Å². The van der Waals surface area contributed by atoms with Crippen molar-refractivity contribution in [2.24, 2.45) is 0 Å². The highest BCUT2D eigenvalue weighted by atomic mass is 19.1. The predicted octanol–water partition coefficient (Wildman–Crippen LogP) is 5.37. The number of pyridine rings is 1. The van der Waals surface area contributed by atoms with Gasteiger partial charge in [-0.1, -0.05) is 24.3 Å². The summed E-state index contributed by atoms with van der Waals surface area (Å²) in [5.41, 5.74) is 4.50. The molecule has 5 heteroatoms. The third kappa shape index (κ3) is 4.14. The molecule has 4 nitrogen and oxygen atoms in total. The third-order valence-electron chi connectivity index (χ3n) is 5.00. The van der Waals surface area contributed by atoms with Crippen LogP contribution in [0.5, 0.6) is 0 Å². The molecule has 0 aliphatic rings. The summed E-state index contributed by atoms with van der Waals surface area (Å²) < 4.78 is 13.9. The largest absolute Gasteiger partial charge is 0.354 e. The molecule has 4 rings (SSSR count). The molecule has 0 spiro atoms. The summed E-state index contributed by atoms with van der Waals surface area (Å²) in [6, 6.07) is 16.9. The van der Waals surface area contributed by atoms with Gasteiger partial charge in [-0.05, 0) is 62.6 Å². The van der Waals surface area contributed by atoms with Gasteiger partial charge in [0, 0.05) is 28.8 Å². The lowest BCUT2D eigenvalue weighted by Crippen LogP contribution is -2.29. The second-order valence-corrected chi connectivity index (χ2v) is 7.63. The standard InChI is InChI=1S/C24H24FN3O/c1-15(2)26-23(29)9-5-7-18-19-14-17(25)11-13-21(19)28-24(18)22-12-10-16-6-3-4-8-20(16)27-22/h3-4,6,8,10-15,28H,5,7,9H2,1-2H3,(H,26,29). The zero-order chi connectivity index (χ0) is 20.4. The van der Waals surface area contributed by atoms with Crippen LogP contribution >= 0.6 is 0 Å². The number of hydrogen-bond acceptors (Lipinski definition) is 2. The Balaban J connectivity index is 1.70. The van der Waals surface area contributed by atoms with E-state index in [9.17, 15) is 9.18 Å². The first-order valence-electron chi connectivity index (χ1n) is 9.97. The van der Waals surface area contributed by atoms with Gasteiger partial charge in [0.2, 0.25) is 5.91 Å². The molecule has 0 atom stereocenters. The molecule has 2 aromatic heterocycles. The molecule has 0 fully saturated rings. The molecule has 0 saturated carbocycles. The van der Waals surface area contributed by atoms with Crippen LogP contribution < -0.4 is 5.32 Å². The summed E-state index contributed by atoms with van der Waals surface area (Å²) in [4.78, 5) is 20.2. The zero-order valence-corrected chi connectivity index (χ0v) is 16.6. The third-order valence-corrected chi connectivity index (χ3v) is 5.00. The number of amides is 1. The van der Waals surface area contributed by atoms with E-state index in [1.54, 1.807) is 12.1 Å². The lowest BCUT2D eigenvalue weighted by atomic mass is 10.0. The van der Waals surface area contributed by atoms with Gasteiger partial charge in [0.05, 0.1) is 16.9 Å². The normalized spacial score (nSPS) is 11.4. The summed E-state index contributed by atoms with van der Waals surface area (Å²) >= 11 is 0. The van der Waals surface area contributed by atoms with Crippen molar-refractivity contribution in [3.63, 3.8) is 0 Å². The minimum absolute atomic E-state index is 0.0383. The molecule has 2 heterocycles. The maximum absolute atomic E-state index is 13.9. The number of nitrogens with zero attached hydrogens (tertiary/aromatic N) is 1. The maximum atomic E-state index is 13.9. The number of aromatic amines is 1. The Labute approximate surface area is 169 Å². The number of para-hydroxylation sites is 1. The summed E-state index contributed by atoms with van der Waals surface area (Å²) in [7, 11) is 0. The Morgan fingerprint density at radius 2 is 1.97 bits per heavy atom. The number of fused-ring (bicyclic) bond motifs is 2. The number of hydrogen-bond donors (Lipinski definition) is 2. The van der Waals surface area contributed by atoms with Crippen molar-refractivity contribution >= 4 is 27.7 Å². The van der Waals surface area contributed by atoms with Crippen molar-refractivity contribution in [1.29, 1.82) is 0 Å². The summed E-state index contributed by atoms with van der Waals surface area (Å²) in [6.07, 6.45) is 1.78. The highest BCUT2D eigenvalue weighted by molar-refractivity contribution is 5.91. The zero-order valence-electron chi connectivity index (χ0n) is 16.6. The average molecular weight is 389 g/mol. The van der Waals surface area contributed by atoms with Crippen LogP contribution in [0.25, 0.3) is 33.2 Å². The van der Waals surface area contributed by atoms with Crippen molar-refractivity contribution in [3.05, 3.63) is 66.0 Å². The van der Waals surface area contributed by atoms with Crippen molar-refractivity contribution in [3.8, 4) is 11.4 Å². The van der Waals surface area contributed by atoms with Crippen LogP contribution in [-0.4, -0.2) is 21.9 Å². The molecule has 4 aromatic rings. The number of carbonyl (C=O) groups is 1. The van der Waals surface area contributed by atoms with E-state index >= 15 is 0 Å². The quantitative estimate of drug-likeness (QED) is 0.466. The fourth-order valence-corrected chi connectivity index (χ4v) is 3.72.